The molecule has 0 spiro atoms. The molecule has 0 aliphatic carbocycles. The first-order valence-corrected chi connectivity index (χ1v) is 9.51. The average Bonchev–Trinajstić information content (AvgIpc) is 2.60. The Morgan fingerprint density at radius 2 is 2.07 bits per heavy atom. The number of aromatic nitrogens is 2. The van der Waals surface area contributed by atoms with Crippen molar-refractivity contribution in [2.24, 2.45) is 0 Å². The van der Waals surface area contributed by atoms with Crippen LogP contribution in [-0.2, 0) is 5.75 Å². The summed E-state index contributed by atoms with van der Waals surface area (Å²) in [5.74, 6) is 1.88. The minimum absolute atomic E-state index is 0. The summed E-state index contributed by atoms with van der Waals surface area (Å²) in [4.78, 5) is 8.83. The summed E-state index contributed by atoms with van der Waals surface area (Å²) in [7, 11) is 0. The predicted octanol–water partition coefficient (Wildman–Crippen LogP) is 3.03. The van der Waals surface area contributed by atoms with E-state index in [-0.39, 0.29) is 24.8 Å². The molecule has 1 unspecified atom stereocenters. The predicted molar refractivity (Wildman–Crippen MR) is 117 cm³/mol. The summed E-state index contributed by atoms with van der Waals surface area (Å²) in [6, 6.07) is 9.99. The normalized spacial score (nSPS) is 18.9. The molecule has 1 aromatic carbocycles. The third-order valence-corrected chi connectivity index (χ3v) is 5.29. The molecule has 0 saturated carbocycles. The Kier molecular flexibility index (Phi) is 9.62. The average molecular weight is 432 g/mol. The monoisotopic (exact) mass is 431 g/mol. The molecular weight excluding hydrogens is 405 g/mol. The second-order valence-electron chi connectivity index (χ2n) is 6.53. The van der Waals surface area contributed by atoms with E-state index in [9.17, 15) is 5.11 Å². The maximum Gasteiger partial charge on any atom is 0.191 e. The Morgan fingerprint density at radius 3 is 2.78 bits per heavy atom. The van der Waals surface area contributed by atoms with Crippen LogP contribution in [0.1, 0.15) is 24.0 Å². The second kappa shape index (κ2) is 10.9. The number of nitrogen functional groups attached to an aromatic ring is 1. The molecule has 150 valence electrons. The van der Waals surface area contributed by atoms with Gasteiger partial charge < -0.3 is 21.5 Å². The number of hydrogen-bond acceptors (Lipinski definition) is 7. The van der Waals surface area contributed by atoms with Gasteiger partial charge in [-0.15, -0.1) is 24.8 Å². The first kappa shape index (κ1) is 23.8. The van der Waals surface area contributed by atoms with E-state index in [1.165, 1.54) is 11.1 Å². The van der Waals surface area contributed by atoms with Crippen LogP contribution in [0.15, 0.2) is 35.5 Å². The summed E-state index contributed by atoms with van der Waals surface area (Å²) < 4.78 is 0. The lowest BCUT2D eigenvalue weighted by atomic mass is 9.94. The number of benzene rings is 1. The van der Waals surface area contributed by atoms with Crippen LogP contribution in [0, 0.1) is 6.92 Å². The topological polar surface area (TPSA) is 96.1 Å². The zero-order chi connectivity index (χ0) is 17.7. The van der Waals surface area contributed by atoms with Crippen LogP contribution in [0.4, 0.5) is 11.6 Å². The van der Waals surface area contributed by atoms with E-state index in [0.29, 0.717) is 29.9 Å². The van der Waals surface area contributed by atoms with Crippen molar-refractivity contribution in [3.63, 3.8) is 0 Å². The Morgan fingerprint density at radius 1 is 1.30 bits per heavy atom. The van der Waals surface area contributed by atoms with Gasteiger partial charge in [-0.05, 0) is 37.4 Å². The highest BCUT2D eigenvalue weighted by molar-refractivity contribution is 7.98. The van der Waals surface area contributed by atoms with Crippen LogP contribution >= 0.6 is 36.6 Å². The van der Waals surface area contributed by atoms with Gasteiger partial charge in [-0.25, -0.2) is 9.97 Å². The fourth-order valence-electron chi connectivity index (χ4n) is 2.87. The first-order valence-electron chi connectivity index (χ1n) is 8.53. The summed E-state index contributed by atoms with van der Waals surface area (Å²) in [6.45, 7) is 4.10. The SMILES string of the molecule is Cc1ccccc1CSc1nc(N)cc(NCC2(O)CCCNC2)n1.Cl.Cl. The van der Waals surface area contributed by atoms with Gasteiger partial charge in [0, 0.05) is 24.9 Å². The molecule has 1 saturated heterocycles. The summed E-state index contributed by atoms with van der Waals surface area (Å²) >= 11 is 1.56. The number of hydrogen-bond donors (Lipinski definition) is 4. The molecule has 27 heavy (non-hydrogen) atoms. The quantitative estimate of drug-likeness (QED) is 0.412. The highest BCUT2D eigenvalue weighted by atomic mass is 35.5. The molecule has 0 radical (unpaired) electrons. The first-order chi connectivity index (χ1) is 12.0. The molecule has 6 nitrogen and oxygen atoms in total. The van der Waals surface area contributed by atoms with Gasteiger partial charge in [-0.2, -0.15) is 0 Å². The summed E-state index contributed by atoms with van der Waals surface area (Å²) in [5.41, 5.74) is 7.69. The summed E-state index contributed by atoms with van der Waals surface area (Å²) in [6.07, 6.45) is 1.75. The molecule has 1 aliphatic rings. The molecule has 5 N–H and O–H groups in total. The standard InChI is InChI=1S/C18H25N5OS.2ClH/c1-13-5-2-3-6-14(13)10-25-17-22-15(19)9-16(23-17)21-12-18(24)7-4-8-20-11-18;;/h2-3,5-6,9,20,24H,4,7-8,10-12H2,1H3,(H3,19,21,22,23);2*1H. The van der Waals surface area contributed by atoms with Gasteiger partial charge in [-0.1, -0.05) is 36.0 Å². The van der Waals surface area contributed by atoms with Crippen molar-refractivity contribution in [2.45, 2.75) is 36.3 Å². The maximum atomic E-state index is 10.5. The highest BCUT2D eigenvalue weighted by Crippen LogP contribution is 2.24. The van der Waals surface area contributed by atoms with Crippen molar-refractivity contribution < 1.29 is 5.11 Å². The van der Waals surface area contributed by atoms with Crippen LogP contribution in [0.5, 0.6) is 0 Å². The molecule has 1 aromatic heterocycles. The third kappa shape index (κ3) is 7.01. The van der Waals surface area contributed by atoms with Crippen LogP contribution in [0.25, 0.3) is 0 Å². The fraction of sp³-hybridized carbons (Fsp3) is 0.444. The lowest BCUT2D eigenvalue weighted by Gasteiger charge is -2.32. The molecule has 2 aromatic rings. The van der Waals surface area contributed by atoms with Gasteiger partial charge >= 0.3 is 0 Å². The van der Waals surface area contributed by atoms with Gasteiger partial charge in [0.1, 0.15) is 11.6 Å². The second-order valence-corrected chi connectivity index (χ2v) is 7.48. The molecule has 9 heteroatoms. The third-order valence-electron chi connectivity index (χ3n) is 4.39. The van der Waals surface area contributed by atoms with E-state index in [4.69, 9.17) is 5.73 Å². The minimum Gasteiger partial charge on any atom is -0.387 e. The van der Waals surface area contributed by atoms with Crippen molar-refractivity contribution in [3.05, 3.63) is 41.5 Å². The number of halogens is 2. The number of nitrogens with zero attached hydrogens (tertiary/aromatic N) is 2. The lowest BCUT2D eigenvalue weighted by molar-refractivity contribution is 0.0291. The van der Waals surface area contributed by atoms with Gasteiger partial charge in [0.2, 0.25) is 0 Å². The number of anilines is 2. The number of aliphatic hydroxyl groups is 1. The van der Waals surface area contributed by atoms with Crippen molar-refractivity contribution in [3.8, 4) is 0 Å². The number of nitrogens with two attached hydrogens (primary N) is 1. The summed E-state index contributed by atoms with van der Waals surface area (Å²) in [5, 5.41) is 17.6. The number of nitrogens with one attached hydrogen (secondary N) is 2. The van der Waals surface area contributed by atoms with E-state index < -0.39 is 5.60 Å². The largest absolute Gasteiger partial charge is 0.387 e. The Bertz CT molecular complexity index is 729. The molecule has 0 amide bonds. The molecule has 1 atom stereocenters. The number of piperidine rings is 1. The van der Waals surface area contributed by atoms with Crippen LogP contribution < -0.4 is 16.4 Å². The van der Waals surface area contributed by atoms with Gasteiger partial charge in [0.25, 0.3) is 0 Å². The Hall–Kier alpha value is -1.25. The van der Waals surface area contributed by atoms with Gasteiger partial charge in [0.15, 0.2) is 5.16 Å². The zero-order valence-electron chi connectivity index (χ0n) is 15.3. The molecular formula is C18H27Cl2N5OS. The van der Waals surface area contributed by atoms with Crippen molar-refractivity contribution in [1.29, 1.82) is 0 Å². The fourth-order valence-corrected chi connectivity index (χ4v) is 3.81. The number of β-amino-alcohol motifs (C(OH)–C–C–N with tert-alkyl or cyclic N) is 1. The molecule has 0 bridgehead atoms. The van der Waals surface area contributed by atoms with E-state index in [2.05, 4.69) is 39.7 Å². The van der Waals surface area contributed by atoms with E-state index >= 15 is 0 Å². The van der Waals surface area contributed by atoms with Crippen LogP contribution in [-0.4, -0.2) is 40.3 Å². The smallest absolute Gasteiger partial charge is 0.191 e. The highest BCUT2D eigenvalue weighted by Gasteiger charge is 2.28. The molecule has 3 rings (SSSR count). The lowest BCUT2D eigenvalue weighted by Crippen LogP contribution is -2.50. The van der Waals surface area contributed by atoms with Crippen molar-refractivity contribution in [2.75, 3.05) is 30.7 Å². The van der Waals surface area contributed by atoms with E-state index in [1.54, 1.807) is 17.8 Å². The zero-order valence-corrected chi connectivity index (χ0v) is 17.7. The van der Waals surface area contributed by atoms with Gasteiger partial charge in [0.05, 0.1) is 5.60 Å². The van der Waals surface area contributed by atoms with Crippen molar-refractivity contribution in [1.82, 2.24) is 15.3 Å². The van der Waals surface area contributed by atoms with E-state index in [0.717, 1.165) is 25.1 Å². The minimum atomic E-state index is -0.744. The van der Waals surface area contributed by atoms with Crippen LogP contribution in [0.3, 0.4) is 0 Å². The maximum absolute atomic E-state index is 10.5. The number of aryl methyl sites for hydroxylation is 1. The molecule has 1 fully saturated rings. The van der Waals surface area contributed by atoms with E-state index in [1.807, 2.05) is 12.1 Å². The Labute approximate surface area is 177 Å². The Balaban J connectivity index is 0.00000182. The van der Waals surface area contributed by atoms with Crippen molar-refractivity contribution >= 4 is 48.2 Å². The van der Waals surface area contributed by atoms with Gasteiger partial charge in [-0.3, -0.25) is 0 Å². The molecule has 1 aliphatic heterocycles. The van der Waals surface area contributed by atoms with Crippen LogP contribution in [0.2, 0.25) is 0 Å². The number of thioether (sulfide) groups is 1. The number of rotatable bonds is 6. The molecule has 2 heterocycles.